The number of nitrogens with one attached hydrogen (secondary N) is 1. The van der Waals surface area contributed by atoms with Gasteiger partial charge in [-0.1, -0.05) is 11.6 Å². The van der Waals surface area contributed by atoms with Crippen LogP contribution in [0.1, 0.15) is 6.92 Å². The summed E-state index contributed by atoms with van der Waals surface area (Å²) < 4.78 is 12.8. The van der Waals surface area contributed by atoms with Crippen molar-refractivity contribution in [2.24, 2.45) is 5.92 Å². The van der Waals surface area contributed by atoms with Crippen LogP contribution in [-0.2, 0) is 0 Å². The highest BCUT2D eigenvalue weighted by Gasteiger charge is 2.02. The number of anilines is 1. The average Bonchev–Trinajstić information content (AvgIpc) is 2.19. The van der Waals surface area contributed by atoms with Gasteiger partial charge in [0.15, 0.2) is 0 Å². The van der Waals surface area contributed by atoms with E-state index in [1.54, 1.807) is 13.0 Å². The maximum Gasteiger partial charge on any atom is 0.141 e. The van der Waals surface area contributed by atoms with Crippen molar-refractivity contribution in [1.82, 2.24) is 0 Å². The van der Waals surface area contributed by atoms with Crippen LogP contribution in [0, 0.1) is 23.1 Å². The number of nitriles is 1. The molecule has 1 rings (SSSR count). The molecular formula is C10H10ClFN2. The molecule has 0 saturated heterocycles. The quantitative estimate of drug-likeness (QED) is 0.836. The van der Waals surface area contributed by atoms with Gasteiger partial charge in [0, 0.05) is 12.2 Å². The van der Waals surface area contributed by atoms with Crippen molar-refractivity contribution in [2.75, 3.05) is 11.9 Å². The summed E-state index contributed by atoms with van der Waals surface area (Å²) in [6.45, 7) is 2.33. The summed E-state index contributed by atoms with van der Waals surface area (Å²) in [5.41, 5.74) is 0.721. The Hall–Kier alpha value is -1.27. The Labute approximate surface area is 87.3 Å². The van der Waals surface area contributed by atoms with Crippen molar-refractivity contribution in [3.8, 4) is 6.07 Å². The molecule has 0 aliphatic heterocycles. The lowest BCUT2D eigenvalue weighted by Crippen LogP contribution is -2.09. The molecule has 2 nitrogen and oxygen atoms in total. The van der Waals surface area contributed by atoms with Crippen LogP contribution >= 0.6 is 11.6 Å². The Bertz CT molecular complexity index is 360. The molecule has 0 bridgehead atoms. The molecular weight excluding hydrogens is 203 g/mol. The summed E-state index contributed by atoms with van der Waals surface area (Å²) in [6, 6.07) is 6.47. The van der Waals surface area contributed by atoms with Crippen LogP contribution < -0.4 is 5.32 Å². The standard InChI is InChI=1S/C10H10ClFN2/c1-7(5-13)6-14-8-2-3-10(12)9(11)4-8/h2-4,7,14H,6H2,1H3. The fourth-order valence-corrected chi connectivity index (χ4v) is 1.10. The predicted octanol–water partition coefficient (Wildman–Crippen LogP) is 3.05. The van der Waals surface area contributed by atoms with Crippen molar-refractivity contribution < 1.29 is 4.39 Å². The summed E-state index contributed by atoms with van der Waals surface area (Å²) in [7, 11) is 0. The first-order valence-electron chi connectivity index (χ1n) is 4.22. The zero-order valence-electron chi connectivity index (χ0n) is 7.72. The van der Waals surface area contributed by atoms with Gasteiger partial charge in [0.25, 0.3) is 0 Å². The van der Waals surface area contributed by atoms with Crippen LogP contribution in [-0.4, -0.2) is 6.54 Å². The molecule has 0 amide bonds. The molecule has 0 radical (unpaired) electrons. The molecule has 4 heteroatoms. The molecule has 0 aromatic heterocycles. The maximum atomic E-state index is 12.8. The number of halogens is 2. The second-order valence-electron chi connectivity index (χ2n) is 3.04. The molecule has 1 aromatic rings. The fraction of sp³-hybridized carbons (Fsp3) is 0.300. The zero-order valence-corrected chi connectivity index (χ0v) is 8.48. The molecule has 1 N–H and O–H groups in total. The Morgan fingerprint density at radius 2 is 2.36 bits per heavy atom. The first kappa shape index (κ1) is 10.8. The minimum atomic E-state index is -0.439. The van der Waals surface area contributed by atoms with E-state index in [9.17, 15) is 4.39 Å². The molecule has 1 aromatic carbocycles. The third kappa shape index (κ3) is 2.90. The minimum Gasteiger partial charge on any atom is -0.384 e. The Morgan fingerprint density at radius 1 is 1.64 bits per heavy atom. The number of nitrogens with zero attached hydrogens (tertiary/aromatic N) is 1. The molecule has 0 heterocycles. The largest absolute Gasteiger partial charge is 0.384 e. The van der Waals surface area contributed by atoms with Crippen molar-refractivity contribution in [3.63, 3.8) is 0 Å². The first-order chi connectivity index (χ1) is 6.63. The molecule has 0 fully saturated rings. The highest BCUT2D eigenvalue weighted by atomic mass is 35.5. The van der Waals surface area contributed by atoms with Crippen molar-refractivity contribution in [2.45, 2.75) is 6.92 Å². The third-order valence-corrected chi connectivity index (χ3v) is 2.04. The van der Waals surface area contributed by atoms with Crippen molar-refractivity contribution in [3.05, 3.63) is 29.0 Å². The van der Waals surface area contributed by atoms with Crippen LogP contribution in [0.5, 0.6) is 0 Å². The molecule has 14 heavy (non-hydrogen) atoms. The second kappa shape index (κ2) is 4.83. The van der Waals surface area contributed by atoms with Crippen molar-refractivity contribution in [1.29, 1.82) is 5.26 Å². The Morgan fingerprint density at radius 3 is 2.93 bits per heavy atom. The van der Waals surface area contributed by atoms with E-state index in [0.29, 0.717) is 6.54 Å². The predicted molar refractivity (Wildman–Crippen MR) is 54.7 cm³/mol. The number of hydrogen-bond donors (Lipinski definition) is 1. The van der Waals surface area contributed by atoms with Crippen LogP contribution in [0.4, 0.5) is 10.1 Å². The van der Waals surface area contributed by atoms with E-state index in [1.807, 2.05) is 0 Å². The Kier molecular flexibility index (Phi) is 3.73. The number of benzene rings is 1. The fourth-order valence-electron chi connectivity index (χ4n) is 0.923. The minimum absolute atomic E-state index is 0.0830. The molecule has 1 unspecified atom stereocenters. The highest BCUT2D eigenvalue weighted by Crippen LogP contribution is 2.19. The van der Waals surface area contributed by atoms with Gasteiger partial charge >= 0.3 is 0 Å². The van der Waals surface area contributed by atoms with E-state index >= 15 is 0 Å². The lowest BCUT2D eigenvalue weighted by atomic mass is 10.2. The third-order valence-electron chi connectivity index (χ3n) is 1.75. The summed E-state index contributed by atoms with van der Waals surface area (Å²) >= 11 is 5.58. The smallest absolute Gasteiger partial charge is 0.141 e. The summed E-state index contributed by atoms with van der Waals surface area (Å²) in [5, 5.41) is 11.6. The number of rotatable bonds is 3. The van der Waals surface area contributed by atoms with E-state index in [0.717, 1.165) is 5.69 Å². The molecule has 0 aliphatic carbocycles. The highest BCUT2D eigenvalue weighted by molar-refractivity contribution is 6.31. The summed E-state index contributed by atoms with van der Waals surface area (Å²) in [6.07, 6.45) is 0. The van der Waals surface area contributed by atoms with Gasteiger partial charge in [0.1, 0.15) is 5.82 Å². The lowest BCUT2D eigenvalue weighted by Gasteiger charge is -2.07. The van der Waals surface area contributed by atoms with E-state index in [1.165, 1.54) is 12.1 Å². The van der Waals surface area contributed by atoms with Crippen LogP contribution in [0.2, 0.25) is 5.02 Å². The van der Waals surface area contributed by atoms with Crippen LogP contribution in [0.3, 0.4) is 0 Å². The SMILES string of the molecule is CC(C#N)CNc1ccc(F)c(Cl)c1. The molecule has 74 valence electrons. The molecule has 1 atom stereocenters. The van der Waals surface area contributed by atoms with Gasteiger partial charge < -0.3 is 5.32 Å². The zero-order chi connectivity index (χ0) is 10.6. The second-order valence-corrected chi connectivity index (χ2v) is 3.45. The van der Waals surface area contributed by atoms with E-state index in [4.69, 9.17) is 16.9 Å². The van der Waals surface area contributed by atoms with E-state index in [2.05, 4.69) is 11.4 Å². The first-order valence-corrected chi connectivity index (χ1v) is 4.60. The Balaban J connectivity index is 2.61. The van der Waals surface area contributed by atoms with Crippen LogP contribution in [0.15, 0.2) is 18.2 Å². The van der Waals surface area contributed by atoms with Crippen molar-refractivity contribution >= 4 is 17.3 Å². The van der Waals surface area contributed by atoms with E-state index in [-0.39, 0.29) is 10.9 Å². The van der Waals surface area contributed by atoms with Crippen LogP contribution in [0.25, 0.3) is 0 Å². The maximum absolute atomic E-state index is 12.8. The monoisotopic (exact) mass is 212 g/mol. The molecule has 0 saturated carbocycles. The number of hydrogen-bond acceptors (Lipinski definition) is 2. The lowest BCUT2D eigenvalue weighted by molar-refractivity contribution is 0.628. The summed E-state index contributed by atoms with van der Waals surface area (Å²) in [5.74, 6) is -0.524. The summed E-state index contributed by atoms with van der Waals surface area (Å²) in [4.78, 5) is 0. The topological polar surface area (TPSA) is 35.8 Å². The van der Waals surface area contributed by atoms with Gasteiger partial charge in [0.05, 0.1) is 17.0 Å². The van der Waals surface area contributed by atoms with Gasteiger partial charge in [-0.2, -0.15) is 5.26 Å². The normalized spacial score (nSPS) is 11.9. The average molecular weight is 213 g/mol. The van der Waals surface area contributed by atoms with Gasteiger partial charge in [0.2, 0.25) is 0 Å². The van der Waals surface area contributed by atoms with Gasteiger partial charge in [-0.3, -0.25) is 0 Å². The van der Waals surface area contributed by atoms with E-state index < -0.39 is 5.82 Å². The van der Waals surface area contributed by atoms with Gasteiger partial charge in [-0.05, 0) is 25.1 Å². The van der Waals surface area contributed by atoms with Gasteiger partial charge in [-0.25, -0.2) is 4.39 Å². The van der Waals surface area contributed by atoms with Gasteiger partial charge in [-0.15, -0.1) is 0 Å². The molecule has 0 spiro atoms. The molecule has 0 aliphatic rings.